The molecule has 0 saturated carbocycles. The quantitative estimate of drug-likeness (QED) is 0.395. The van der Waals surface area contributed by atoms with Gasteiger partial charge >= 0.3 is 6.18 Å². The fraction of sp³-hybridized carbons (Fsp3) is 0.154. The number of hydrogen-bond donors (Lipinski definition) is 1. The van der Waals surface area contributed by atoms with E-state index >= 15 is 0 Å². The maximum atomic E-state index is 13.5. The Hall–Kier alpha value is -4.32. The summed E-state index contributed by atoms with van der Waals surface area (Å²) in [6.07, 6.45) is -0.645. The molecular formula is C26H21F3N4O4S. The summed E-state index contributed by atoms with van der Waals surface area (Å²) < 4.78 is 64.5. The lowest BCUT2D eigenvalue weighted by Crippen LogP contribution is -2.33. The van der Waals surface area contributed by atoms with E-state index in [-0.39, 0.29) is 39.8 Å². The van der Waals surface area contributed by atoms with Crippen LogP contribution in [-0.4, -0.2) is 35.1 Å². The smallest absolute Gasteiger partial charge is 0.348 e. The van der Waals surface area contributed by atoms with Gasteiger partial charge in [-0.1, -0.05) is 18.2 Å². The van der Waals surface area contributed by atoms with Gasteiger partial charge in [-0.2, -0.15) is 13.2 Å². The van der Waals surface area contributed by atoms with Crippen LogP contribution in [0.5, 0.6) is 0 Å². The predicted octanol–water partition coefficient (Wildman–Crippen LogP) is 3.96. The van der Waals surface area contributed by atoms with Crippen molar-refractivity contribution in [1.82, 2.24) is 19.9 Å². The number of nitrogens with zero attached hydrogens (tertiary/aromatic N) is 3. The fourth-order valence-corrected chi connectivity index (χ4v) is 4.43. The second-order valence-corrected chi connectivity index (χ2v) is 10.4. The Labute approximate surface area is 215 Å². The number of alkyl halides is 3. The van der Waals surface area contributed by atoms with E-state index in [0.717, 1.165) is 23.0 Å². The first kappa shape index (κ1) is 26.7. The van der Waals surface area contributed by atoms with E-state index < -0.39 is 33.0 Å². The van der Waals surface area contributed by atoms with Crippen LogP contribution in [0.2, 0.25) is 0 Å². The lowest BCUT2D eigenvalue weighted by Gasteiger charge is -2.17. The molecule has 8 nitrogen and oxygen atoms in total. The minimum atomic E-state index is -4.64. The highest BCUT2D eigenvalue weighted by molar-refractivity contribution is 7.90. The molecule has 0 aliphatic rings. The molecule has 1 amide bonds. The van der Waals surface area contributed by atoms with Gasteiger partial charge in [-0.05, 0) is 55.0 Å². The molecule has 2 aromatic carbocycles. The third-order valence-corrected chi connectivity index (χ3v) is 6.86. The Morgan fingerprint density at radius 2 is 1.66 bits per heavy atom. The highest BCUT2D eigenvalue weighted by Gasteiger charge is 2.31. The molecule has 2 aromatic heterocycles. The molecule has 0 spiro atoms. The van der Waals surface area contributed by atoms with E-state index in [0.29, 0.717) is 5.56 Å². The van der Waals surface area contributed by atoms with Crippen molar-refractivity contribution in [2.45, 2.75) is 24.5 Å². The molecule has 4 aromatic rings. The SMILES string of the molecule is Cc1c(-c2ncccn2)cc(C(=O)NCc2ccc(S(C)(=O)=O)cc2)c(=O)n1-c1cccc(C(F)(F)F)c1. The van der Waals surface area contributed by atoms with Crippen molar-refractivity contribution in [3.05, 3.63) is 106 Å². The highest BCUT2D eigenvalue weighted by Crippen LogP contribution is 2.31. The number of hydrogen-bond acceptors (Lipinski definition) is 6. The Kier molecular flexibility index (Phi) is 7.18. The lowest BCUT2D eigenvalue weighted by atomic mass is 10.1. The number of amides is 1. The Morgan fingerprint density at radius 1 is 1.00 bits per heavy atom. The lowest BCUT2D eigenvalue weighted by molar-refractivity contribution is -0.137. The molecule has 0 aliphatic heterocycles. The maximum absolute atomic E-state index is 13.5. The Balaban J connectivity index is 1.78. The zero-order valence-electron chi connectivity index (χ0n) is 20.2. The van der Waals surface area contributed by atoms with Gasteiger partial charge in [-0.15, -0.1) is 0 Å². The monoisotopic (exact) mass is 542 g/mol. The van der Waals surface area contributed by atoms with Crippen LogP contribution in [0.1, 0.15) is 27.2 Å². The summed E-state index contributed by atoms with van der Waals surface area (Å²) >= 11 is 0. The predicted molar refractivity (Wildman–Crippen MR) is 134 cm³/mol. The van der Waals surface area contributed by atoms with E-state index in [1.807, 2.05) is 0 Å². The van der Waals surface area contributed by atoms with Crippen LogP contribution in [0.3, 0.4) is 0 Å². The number of aromatic nitrogens is 3. The average Bonchev–Trinajstić information content (AvgIpc) is 2.87. The van der Waals surface area contributed by atoms with Crippen molar-refractivity contribution in [3.63, 3.8) is 0 Å². The molecule has 0 bridgehead atoms. The number of pyridine rings is 1. The number of carbonyl (C=O) groups is 1. The highest BCUT2D eigenvalue weighted by atomic mass is 32.2. The van der Waals surface area contributed by atoms with Crippen LogP contribution >= 0.6 is 0 Å². The van der Waals surface area contributed by atoms with Gasteiger partial charge in [0.1, 0.15) is 5.56 Å². The summed E-state index contributed by atoms with van der Waals surface area (Å²) in [5.74, 6) is -0.601. The van der Waals surface area contributed by atoms with Crippen LogP contribution in [0.15, 0.2) is 82.7 Å². The number of sulfone groups is 1. The summed E-state index contributed by atoms with van der Waals surface area (Å²) in [5, 5.41) is 2.60. The van der Waals surface area contributed by atoms with Gasteiger partial charge in [0.25, 0.3) is 11.5 Å². The summed E-state index contributed by atoms with van der Waals surface area (Å²) in [4.78, 5) is 35.0. The van der Waals surface area contributed by atoms with E-state index in [9.17, 15) is 31.2 Å². The van der Waals surface area contributed by atoms with Crippen molar-refractivity contribution in [3.8, 4) is 17.1 Å². The molecule has 0 unspecified atom stereocenters. The van der Waals surface area contributed by atoms with Crippen LogP contribution < -0.4 is 10.9 Å². The van der Waals surface area contributed by atoms with Gasteiger partial charge in [0.15, 0.2) is 15.7 Å². The zero-order chi connectivity index (χ0) is 27.7. The third kappa shape index (κ3) is 5.65. The van der Waals surface area contributed by atoms with Gasteiger partial charge in [-0.25, -0.2) is 18.4 Å². The van der Waals surface area contributed by atoms with Gasteiger partial charge in [0.05, 0.1) is 10.5 Å². The molecule has 0 radical (unpaired) electrons. The van der Waals surface area contributed by atoms with E-state index in [1.165, 1.54) is 61.8 Å². The first-order valence-electron chi connectivity index (χ1n) is 11.1. The molecule has 0 aliphatic carbocycles. The molecule has 2 heterocycles. The van der Waals surface area contributed by atoms with Crippen LogP contribution in [0, 0.1) is 6.92 Å². The van der Waals surface area contributed by atoms with E-state index in [1.54, 1.807) is 6.07 Å². The fourth-order valence-electron chi connectivity index (χ4n) is 3.80. The van der Waals surface area contributed by atoms with Crippen LogP contribution in [0.25, 0.3) is 17.1 Å². The summed E-state index contributed by atoms with van der Waals surface area (Å²) in [6, 6.07) is 12.9. The zero-order valence-corrected chi connectivity index (χ0v) is 21.0. The van der Waals surface area contributed by atoms with E-state index in [2.05, 4.69) is 15.3 Å². The summed E-state index contributed by atoms with van der Waals surface area (Å²) in [7, 11) is -3.39. The normalized spacial score (nSPS) is 11.8. The minimum Gasteiger partial charge on any atom is -0.348 e. The van der Waals surface area contributed by atoms with E-state index in [4.69, 9.17) is 0 Å². The maximum Gasteiger partial charge on any atom is 0.416 e. The molecule has 0 saturated heterocycles. The number of nitrogens with one attached hydrogen (secondary N) is 1. The molecule has 196 valence electrons. The number of rotatable bonds is 6. The second kappa shape index (κ2) is 10.2. The van der Waals surface area contributed by atoms with Crippen molar-refractivity contribution in [2.75, 3.05) is 6.26 Å². The Morgan fingerprint density at radius 3 is 2.26 bits per heavy atom. The van der Waals surface area contributed by atoms with Gasteiger partial charge < -0.3 is 5.32 Å². The molecular weight excluding hydrogens is 521 g/mol. The largest absolute Gasteiger partial charge is 0.416 e. The topological polar surface area (TPSA) is 111 Å². The van der Waals surface area contributed by atoms with Crippen LogP contribution in [-0.2, 0) is 22.6 Å². The summed E-state index contributed by atoms with van der Waals surface area (Å²) in [6.45, 7) is 1.50. The number of carbonyl (C=O) groups excluding carboxylic acids is 1. The summed E-state index contributed by atoms with van der Waals surface area (Å²) in [5.41, 5.74) is -1.09. The van der Waals surface area contributed by atoms with Gasteiger partial charge in [0, 0.05) is 42.1 Å². The first-order valence-corrected chi connectivity index (χ1v) is 13.0. The Bertz CT molecular complexity index is 1670. The van der Waals surface area contributed by atoms with Crippen molar-refractivity contribution in [1.29, 1.82) is 0 Å². The molecule has 1 N–H and O–H groups in total. The molecule has 38 heavy (non-hydrogen) atoms. The standard InChI is InChI=1S/C26H21F3N4O4S/c1-16-21(23-30-11-4-12-31-23)14-22(24(34)32-15-17-7-9-20(10-8-17)38(2,36)37)25(35)33(16)19-6-3-5-18(13-19)26(27,28)29/h3-14H,15H2,1-2H3,(H,32,34). The molecule has 12 heteroatoms. The minimum absolute atomic E-state index is 0.0308. The van der Waals surface area contributed by atoms with Crippen LogP contribution in [0.4, 0.5) is 13.2 Å². The first-order chi connectivity index (χ1) is 17.9. The van der Waals surface area contributed by atoms with Gasteiger partial charge in [-0.3, -0.25) is 14.2 Å². The van der Waals surface area contributed by atoms with Crippen molar-refractivity contribution in [2.24, 2.45) is 0 Å². The molecule has 0 atom stereocenters. The number of halogens is 3. The van der Waals surface area contributed by atoms with Crippen molar-refractivity contribution < 1.29 is 26.4 Å². The second-order valence-electron chi connectivity index (χ2n) is 8.42. The molecule has 4 rings (SSSR count). The number of benzene rings is 2. The van der Waals surface area contributed by atoms with Gasteiger partial charge in [0.2, 0.25) is 0 Å². The van der Waals surface area contributed by atoms with Crippen molar-refractivity contribution >= 4 is 15.7 Å². The average molecular weight is 543 g/mol. The third-order valence-electron chi connectivity index (χ3n) is 5.73. The molecule has 0 fully saturated rings.